The van der Waals surface area contributed by atoms with Gasteiger partial charge < -0.3 is 9.84 Å². The summed E-state index contributed by atoms with van der Waals surface area (Å²) >= 11 is 3.13. The molecule has 2 rings (SSSR count). The van der Waals surface area contributed by atoms with Crippen molar-refractivity contribution in [3.63, 3.8) is 0 Å². The molecule has 0 amide bonds. The first-order valence-corrected chi connectivity index (χ1v) is 7.08. The number of rotatable bonds is 3. The average Bonchev–Trinajstić information content (AvgIpc) is 2.42. The van der Waals surface area contributed by atoms with Crippen LogP contribution in [0.4, 0.5) is 4.39 Å². The average molecular weight is 331 g/mol. The number of aliphatic carboxylic acids is 1. The number of ether oxygens (including phenoxy) is 1. The Morgan fingerprint density at radius 1 is 1.37 bits per heavy atom. The second kappa shape index (κ2) is 5.49. The zero-order valence-electron chi connectivity index (χ0n) is 10.7. The highest BCUT2D eigenvalue weighted by molar-refractivity contribution is 9.10. The van der Waals surface area contributed by atoms with Crippen LogP contribution in [0.5, 0.6) is 5.75 Å². The fraction of sp³-hybridized carbons (Fsp3) is 0.500. The quantitative estimate of drug-likeness (QED) is 0.914. The molecule has 3 nitrogen and oxygen atoms in total. The van der Waals surface area contributed by atoms with Crippen LogP contribution in [0.3, 0.4) is 0 Å². The fourth-order valence-corrected chi connectivity index (χ4v) is 3.21. The van der Waals surface area contributed by atoms with Crippen molar-refractivity contribution in [2.45, 2.75) is 37.5 Å². The SMILES string of the molecule is COc1ccc(Br)c(F)c1C1(C(=O)O)CCCCC1. The molecule has 1 aliphatic rings. The Morgan fingerprint density at radius 3 is 2.53 bits per heavy atom. The van der Waals surface area contributed by atoms with Crippen molar-refractivity contribution in [1.82, 2.24) is 0 Å². The summed E-state index contributed by atoms with van der Waals surface area (Å²) in [6, 6.07) is 3.15. The van der Waals surface area contributed by atoms with Gasteiger partial charge in [-0.2, -0.15) is 0 Å². The Labute approximate surface area is 119 Å². The van der Waals surface area contributed by atoms with E-state index in [0.29, 0.717) is 18.6 Å². The maximum absolute atomic E-state index is 14.4. The molecule has 0 aromatic heterocycles. The minimum Gasteiger partial charge on any atom is -0.496 e. The zero-order valence-corrected chi connectivity index (χ0v) is 12.3. The molecule has 104 valence electrons. The van der Waals surface area contributed by atoms with Crippen LogP contribution in [0.25, 0.3) is 0 Å². The van der Waals surface area contributed by atoms with Gasteiger partial charge in [0.25, 0.3) is 0 Å². The van der Waals surface area contributed by atoms with E-state index in [9.17, 15) is 14.3 Å². The molecule has 1 saturated carbocycles. The zero-order chi connectivity index (χ0) is 14.0. The monoisotopic (exact) mass is 330 g/mol. The molecule has 1 aromatic rings. The van der Waals surface area contributed by atoms with Gasteiger partial charge in [0.2, 0.25) is 0 Å². The highest BCUT2D eigenvalue weighted by Gasteiger charge is 2.45. The lowest BCUT2D eigenvalue weighted by Crippen LogP contribution is -2.39. The molecule has 5 heteroatoms. The first-order chi connectivity index (χ1) is 9.03. The topological polar surface area (TPSA) is 46.5 Å². The summed E-state index contributed by atoms with van der Waals surface area (Å²) < 4.78 is 19.9. The van der Waals surface area contributed by atoms with Gasteiger partial charge >= 0.3 is 5.97 Å². The van der Waals surface area contributed by atoms with Gasteiger partial charge in [0.15, 0.2) is 0 Å². The summed E-state index contributed by atoms with van der Waals surface area (Å²) in [5.74, 6) is -1.18. The molecule has 0 radical (unpaired) electrons. The minimum absolute atomic E-state index is 0.177. The Morgan fingerprint density at radius 2 is 2.00 bits per heavy atom. The van der Waals surface area contributed by atoms with E-state index < -0.39 is 17.2 Å². The van der Waals surface area contributed by atoms with Gasteiger partial charge in [0, 0.05) is 5.56 Å². The molecule has 0 heterocycles. The predicted octanol–water partition coefficient (Wildman–Crippen LogP) is 3.88. The minimum atomic E-state index is -1.17. The van der Waals surface area contributed by atoms with Gasteiger partial charge in [0.1, 0.15) is 11.6 Å². The van der Waals surface area contributed by atoms with Crippen LogP contribution in [0.15, 0.2) is 16.6 Å². The van der Waals surface area contributed by atoms with Crippen LogP contribution in [-0.4, -0.2) is 18.2 Å². The van der Waals surface area contributed by atoms with Crippen molar-refractivity contribution < 1.29 is 19.0 Å². The predicted molar refractivity (Wildman–Crippen MR) is 73.1 cm³/mol. The number of benzene rings is 1. The molecular weight excluding hydrogens is 315 g/mol. The van der Waals surface area contributed by atoms with E-state index in [1.807, 2.05) is 0 Å². The van der Waals surface area contributed by atoms with Crippen molar-refractivity contribution in [2.75, 3.05) is 7.11 Å². The van der Waals surface area contributed by atoms with Crippen LogP contribution in [0, 0.1) is 5.82 Å². The van der Waals surface area contributed by atoms with E-state index in [2.05, 4.69) is 15.9 Å². The van der Waals surface area contributed by atoms with Crippen LogP contribution in [-0.2, 0) is 10.2 Å². The third-order valence-electron chi connectivity index (χ3n) is 3.87. The van der Waals surface area contributed by atoms with Crippen LogP contribution < -0.4 is 4.74 Å². The lowest BCUT2D eigenvalue weighted by atomic mass is 9.69. The number of carboxylic acid groups (broad SMARTS) is 1. The Hall–Kier alpha value is -1.10. The van der Waals surface area contributed by atoms with Crippen molar-refractivity contribution in [3.8, 4) is 5.75 Å². The smallest absolute Gasteiger partial charge is 0.314 e. The van der Waals surface area contributed by atoms with Crippen molar-refractivity contribution in [3.05, 3.63) is 28.0 Å². The molecule has 19 heavy (non-hydrogen) atoms. The van der Waals surface area contributed by atoms with Gasteiger partial charge in [-0.3, -0.25) is 4.79 Å². The molecule has 0 spiro atoms. The number of hydrogen-bond acceptors (Lipinski definition) is 2. The second-order valence-corrected chi connectivity index (χ2v) is 5.74. The van der Waals surface area contributed by atoms with E-state index in [1.165, 1.54) is 13.2 Å². The number of carbonyl (C=O) groups is 1. The summed E-state index contributed by atoms with van der Waals surface area (Å²) in [6.45, 7) is 0. The molecule has 1 fully saturated rings. The summed E-state index contributed by atoms with van der Waals surface area (Å²) in [6.07, 6.45) is 3.48. The highest BCUT2D eigenvalue weighted by atomic mass is 79.9. The maximum atomic E-state index is 14.4. The first kappa shape index (κ1) is 14.3. The van der Waals surface area contributed by atoms with E-state index in [1.54, 1.807) is 6.07 Å². The van der Waals surface area contributed by atoms with Crippen LogP contribution in [0.1, 0.15) is 37.7 Å². The largest absolute Gasteiger partial charge is 0.496 e. The standard InChI is InChI=1S/C14H16BrFO3/c1-19-10-6-5-9(15)12(16)11(10)14(13(17)18)7-3-2-4-8-14/h5-6H,2-4,7-8H2,1H3,(H,17,18). The fourth-order valence-electron chi connectivity index (χ4n) is 2.88. The van der Waals surface area contributed by atoms with Gasteiger partial charge in [-0.25, -0.2) is 4.39 Å². The molecule has 1 N–H and O–H groups in total. The Balaban J connectivity index is 2.65. The number of hydrogen-bond donors (Lipinski definition) is 1. The number of carboxylic acids is 1. The Kier molecular flexibility index (Phi) is 4.13. The van der Waals surface area contributed by atoms with Gasteiger partial charge in [-0.05, 0) is 40.9 Å². The third kappa shape index (κ3) is 2.36. The molecule has 0 saturated heterocycles. The molecule has 0 atom stereocenters. The van der Waals surface area contributed by atoms with Gasteiger partial charge in [-0.15, -0.1) is 0 Å². The lowest BCUT2D eigenvalue weighted by molar-refractivity contribution is -0.145. The highest BCUT2D eigenvalue weighted by Crippen LogP contribution is 2.46. The van der Waals surface area contributed by atoms with Gasteiger partial charge in [-0.1, -0.05) is 19.3 Å². The normalized spacial score (nSPS) is 18.1. The van der Waals surface area contributed by atoms with Gasteiger partial charge in [0.05, 0.1) is 17.0 Å². The lowest BCUT2D eigenvalue weighted by Gasteiger charge is -2.34. The van der Waals surface area contributed by atoms with E-state index >= 15 is 0 Å². The number of methoxy groups -OCH3 is 1. The van der Waals surface area contributed by atoms with Crippen LogP contribution in [0.2, 0.25) is 0 Å². The van der Waals surface area contributed by atoms with E-state index in [0.717, 1.165) is 19.3 Å². The Bertz CT molecular complexity index is 496. The molecule has 0 aliphatic heterocycles. The van der Waals surface area contributed by atoms with Crippen molar-refractivity contribution in [2.24, 2.45) is 0 Å². The summed E-state index contributed by atoms with van der Waals surface area (Å²) in [4.78, 5) is 11.8. The molecule has 0 unspecified atom stereocenters. The summed E-state index contributed by atoms with van der Waals surface area (Å²) in [5, 5.41) is 9.64. The van der Waals surface area contributed by atoms with E-state index in [-0.39, 0.29) is 10.0 Å². The molecule has 1 aromatic carbocycles. The van der Waals surface area contributed by atoms with E-state index in [4.69, 9.17) is 4.74 Å². The van der Waals surface area contributed by atoms with Crippen molar-refractivity contribution >= 4 is 21.9 Å². The first-order valence-electron chi connectivity index (χ1n) is 6.29. The van der Waals surface area contributed by atoms with Crippen molar-refractivity contribution in [1.29, 1.82) is 0 Å². The maximum Gasteiger partial charge on any atom is 0.314 e. The number of halogens is 2. The molecule has 1 aliphatic carbocycles. The molecular formula is C14H16BrFO3. The van der Waals surface area contributed by atoms with Crippen LogP contribution >= 0.6 is 15.9 Å². The third-order valence-corrected chi connectivity index (χ3v) is 4.48. The summed E-state index contributed by atoms with van der Waals surface area (Å²) in [7, 11) is 1.44. The summed E-state index contributed by atoms with van der Waals surface area (Å²) in [5.41, 5.74) is -0.992. The molecule has 0 bridgehead atoms. The second-order valence-electron chi connectivity index (χ2n) is 4.89.